The number of hydrogen-bond donors (Lipinski definition) is 1. The Kier molecular flexibility index (Phi) is 3.64. The molecule has 1 N–H and O–H groups in total. The van der Waals surface area contributed by atoms with Crippen LogP contribution in [0.4, 0.5) is 4.79 Å². The number of carbonyl (C=O) groups is 3. The van der Waals surface area contributed by atoms with E-state index in [2.05, 4.69) is 5.32 Å². The topological polar surface area (TPSA) is 66.5 Å². The maximum absolute atomic E-state index is 12.8. The van der Waals surface area contributed by atoms with Gasteiger partial charge in [0, 0.05) is 13.0 Å². The van der Waals surface area contributed by atoms with Gasteiger partial charge in [0.05, 0.1) is 0 Å². The smallest absolute Gasteiger partial charge is 0.319 e. The summed E-state index contributed by atoms with van der Waals surface area (Å²) in [5.74, 6) is -0.371. The van der Waals surface area contributed by atoms with Crippen molar-refractivity contribution in [2.75, 3.05) is 6.54 Å². The van der Waals surface area contributed by atoms with Crippen LogP contribution >= 0.6 is 0 Å². The molecule has 1 fully saturated rings. The second kappa shape index (κ2) is 5.50. The van der Waals surface area contributed by atoms with Crippen LogP contribution in [0.2, 0.25) is 0 Å². The minimum atomic E-state index is -1.12. The van der Waals surface area contributed by atoms with E-state index in [-0.39, 0.29) is 24.7 Å². The molecule has 1 aliphatic heterocycles. The van der Waals surface area contributed by atoms with Crippen LogP contribution in [0.1, 0.15) is 25.8 Å². The number of fused-ring (bicyclic) bond motifs is 1. The van der Waals surface area contributed by atoms with Crippen LogP contribution in [0.25, 0.3) is 10.8 Å². The van der Waals surface area contributed by atoms with Gasteiger partial charge in [0.1, 0.15) is 11.3 Å². The van der Waals surface area contributed by atoms with E-state index in [0.717, 1.165) is 21.2 Å². The van der Waals surface area contributed by atoms with Gasteiger partial charge in [-0.15, -0.1) is 0 Å². The highest BCUT2D eigenvalue weighted by Gasteiger charge is 2.49. The van der Waals surface area contributed by atoms with E-state index in [4.69, 9.17) is 0 Å². The largest absolute Gasteiger partial charge is 0.325 e. The molecule has 2 aromatic rings. The Morgan fingerprint density at radius 2 is 1.83 bits per heavy atom. The normalized spacial score (nSPS) is 20.9. The van der Waals surface area contributed by atoms with E-state index in [1.165, 1.54) is 6.92 Å². The summed E-state index contributed by atoms with van der Waals surface area (Å²) in [5.41, 5.74) is -0.353. The highest BCUT2D eigenvalue weighted by atomic mass is 16.2. The highest BCUT2D eigenvalue weighted by Crippen LogP contribution is 2.33. The second-order valence-corrected chi connectivity index (χ2v) is 5.99. The number of hydrogen-bond acceptors (Lipinski definition) is 3. The molecule has 23 heavy (non-hydrogen) atoms. The van der Waals surface area contributed by atoms with Gasteiger partial charge >= 0.3 is 6.03 Å². The fraction of sp³-hybridized carbons (Fsp3) is 0.278. The van der Waals surface area contributed by atoms with Crippen molar-refractivity contribution in [2.45, 2.75) is 25.8 Å². The average Bonchev–Trinajstić information content (AvgIpc) is 2.75. The van der Waals surface area contributed by atoms with Crippen LogP contribution in [-0.4, -0.2) is 29.2 Å². The van der Waals surface area contributed by atoms with Gasteiger partial charge in [-0.3, -0.25) is 14.5 Å². The number of rotatable bonds is 4. The number of imide groups is 1. The maximum atomic E-state index is 12.8. The van der Waals surface area contributed by atoms with Crippen molar-refractivity contribution in [3.05, 3.63) is 48.0 Å². The van der Waals surface area contributed by atoms with Crippen molar-refractivity contribution < 1.29 is 14.4 Å². The molecule has 2 aromatic carbocycles. The molecule has 3 rings (SSSR count). The van der Waals surface area contributed by atoms with Crippen molar-refractivity contribution in [2.24, 2.45) is 0 Å². The third-order valence-corrected chi connectivity index (χ3v) is 4.29. The molecule has 0 aliphatic carbocycles. The number of benzene rings is 2. The average molecular weight is 310 g/mol. The summed E-state index contributed by atoms with van der Waals surface area (Å²) >= 11 is 0. The van der Waals surface area contributed by atoms with Crippen LogP contribution in [0, 0.1) is 0 Å². The molecule has 1 atom stereocenters. The van der Waals surface area contributed by atoms with E-state index in [0.29, 0.717) is 0 Å². The summed E-state index contributed by atoms with van der Waals surface area (Å²) in [7, 11) is 0. The van der Waals surface area contributed by atoms with E-state index >= 15 is 0 Å². The Balaban J connectivity index is 2.03. The zero-order valence-electron chi connectivity index (χ0n) is 13.1. The lowest BCUT2D eigenvalue weighted by molar-refractivity contribution is -0.131. The van der Waals surface area contributed by atoms with E-state index in [1.807, 2.05) is 42.5 Å². The molecule has 0 aromatic heterocycles. The molecule has 0 unspecified atom stereocenters. The van der Waals surface area contributed by atoms with Gasteiger partial charge in [0.15, 0.2) is 0 Å². The number of Topliss-reactive ketones (excluding diaryl/α,β-unsaturated/α-hetero) is 1. The molecular formula is C18H18N2O3. The number of nitrogens with one attached hydrogen (secondary N) is 1. The summed E-state index contributed by atoms with van der Waals surface area (Å²) in [4.78, 5) is 37.3. The van der Waals surface area contributed by atoms with Gasteiger partial charge in [0.25, 0.3) is 5.91 Å². The standard InChI is InChI=1S/C18H18N2O3/c1-12(21)10-11-20-16(22)18(2,19-17(20)23)15-9-5-7-13-6-3-4-8-14(13)15/h3-9H,10-11H2,1-2H3,(H,19,23)/t18-/m0/s1. The van der Waals surface area contributed by atoms with E-state index < -0.39 is 11.6 Å². The lowest BCUT2D eigenvalue weighted by Crippen LogP contribution is -2.41. The first-order chi connectivity index (χ1) is 10.9. The summed E-state index contributed by atoms with van der Waals surface area (Å²) in [6.45, 7) is 3.27. The minimum absolute atomic E-state index is 0.0515. The third kappa shape index (κ3) is 2.48. The monoisotopic (exact) mass is 310 g/mol. The van der Waals surface area contributed by atoms with Crippen molar-refractivity contribution in [3.63, 3.8) is 0 Å². The molecule has 1 heterocycles. The maximum Gasteiger partial charge on any atom is 0.325 e. The fourth-order valence-electron chi connectivity index (χ4n) is 3.01. The zero-order chi connectivity index (χ0) is 16.6. The van der Waals surface area contributed by atoms with Gasteiger partial charge < -0.3 is 5.32 Å². The Morgan fingerprint density at radius 1 is 1.13 bits per heavy atom. The second-order valence-electron chi connectivity index (χ2n) is 5.99. The molecule has 0 spiro atoms. The fourth-order valence-corrected chi connectivity index (χ4v) is 3.01. The lowest BCUT2D eigenvalue weighted by atomic mass is 9.88. The predicted octanol–water partition coefficient (Wildman–Crippen LogP) is 2.59. The van der Waals surface area contributed by atoms with Crippen LogP contribution in [0.3, 0.4) is 0 Å². The van der Waals surface area contributed by atoms with E-state index in [1.54, 1.807) is 6.92 Å². The molecule has 0 radical (unpaired) electrons. The number of carbonyl (C=O) groups excluding carboxylic acids is 3. The molecule has 0 bridgehead atoms. The molecule has 118 valence electrons. The molecule has 5 heteroatoms. The highest BCUT2D eigenvalue weighted by molar-refractivity contribution is 6.09. The zero-order valence-corrected chi connectivity index (χ0v) is 13.1. The molecule has 1 aliphatic rings. The molecule has 5 nitrogen and oxygen atoms in total. The molecular weight excluding hydrogens is 292 g/mol. The van der Waals surface area contributed by atoms with Crippen LogP contribution in [0.15, 0.2) is 42.5 Å². The third-order valence-electron chi connectivity index (χ3n) is 4.29. The Hall–Kier alpha value is -2.69. The van der Waals surface area contributed by atoms with Crippen LogP contribution in [0.5, 0.6) is 0 Å². The van der Waals surface area contributed by atoms with Gasteiger partial charge in [-0.1, -0.05) is 42.5 Å². The minimum Gasteiger partial charge on any atom is -0.319 e. The molecule has 3 amide bonds. The van der Waals surface area contributed by atoms with Crippen molar-refractivity contribution >= 4 is 28.5 Å². The van der Waals surface area contributed by atoms with E-state index in [9.17, 15) is 14.4 Å². The summed E-state index contributed by atoms with van der Waals surface area (Å²) < 4.78 is 0. The van der Waals surface area contributed by atoms with Crippen LogP contribution < -0.4 is 5.32 Å². The Labute approximate surface area is 134 Å². The first-order valence-electron chi connectivity index (χ1n) is 7.55. The summed E-state index contributed by atoms with van der Waals surface area (Å²) in [5, 5.41) is 4.73. The van der Waals surface area contributed by atoms with Gasteiger partial charge in [-0.05, 0) is 30.2 Å². The van der Waals surface area contributed by atoms with Crippen LogP contribution in [-0.2, 0) is 15.1 Å². The van der Waals surface area contributed by atoms with Crippen molar-refractivity contribution in [1.82, 2.24) is 10.2 Å². The summed E-state index contributed by atoms with van der Waals surface area (Å²) in [6, 6.07) is 13.0. The number of amides is 3. The van der Waals surface area contributed by atoms with Crippen molar-refractivity contribution in [1.29, 1.82) is 0 Å². The Bertz CT molecular complexity index is 810. The van der Waals surface area contributed by atoms with Gasteiger partial charge in [0.2, 0.25) is 0 Å². The number of nitrogens with zero attached hydrogens (tertiary/aromatic N) is 1. The molecule has 1 saturated heterocycles. The van der Waals surface area contributed by atoms with Gasteiger partial charge in [-0.25, -0.2) is 4.79 Å². The predicted molar refractivity (Wildman–Crippen MR) is 86.8 cm³/mol. The quantitative estimate of drug-likeness (QED) is 0.883. The lowest BCUT2D eigenvalue weighted by Gasteiger charge is -2.24. The first-order valence-corrected chi connectivity index (χ1v) is 7.55. The number of urea groups is 1. The SMILES string of the molecule is CC(=O)CCN1C(=O)N[C@@](C)(c2cccc3ccccc23)C1=O. The summed E-state index contributed by atoms with van der Waals surface area (Å²) in [6.07, 6.45) is 0.171. The van der Waals surface area contributed by atoms with Gasteiger partial charge in [-0.2, -0.15) is 0 Å². The first kappa shape index (κ1) is 15.2. The Morgan fingerprint density at radius 3 is 2.57 bits per heavy atom. The number of ketones is 1. The molecule has 0 saturated carbocycles. The van der Waals surface area contributed by atoms with Crippen molar-refractivity contribution in [3.8, 4) is 0 Å².